The zero-order chi connectivity index (χ0) is 20.3. The number of dihydropyridines is 1. The number of hydrogen-bond donors (Lipinski definition) is 1. The highest BCUT2D eigenvalue weighted by atomic mass is 16.5. The van der Waals surface area contributed by atoms with E-state index in [4.69, 9.17) is 9.47 Å². The van der Waals surface area contributed by atoms with Gasteiger partial charge in [0.2, 0.25) is 0 Å². The van der Waals surface area contributed by atoms with E-state index in [-0.39, 0.29) is 24.4 Å². The van der Waals surface area contributed by atoms with Crippen LogP contribution in [-0.2, 0) is 19.1 Å². The maximum Gasteiger partial charge on any atom is 0.336 e. The second-order valence-corrected chi connectivity index (χ2v) is 7.93. The number of rotatable bonds is 6. The van der Waals surface area contributed by atoms with Gasteiger partial charge in [0.25, 0.3) is 0 Å². The van der Waals surface area contributed by atoms with Crippen molar-refractivity contribution in [1.82, 2.24) is 10.3 Å². The predicted octanol–water partition coefficient (Wildman–Crippen LogP) is 3.27. The highest BCUT2D eigenvalue weighted by Gasteiger charge is 2.43. The van der Waals surface area contributed by atoms with Gasteiger partial charge in [-0.15, -0.1) is 0 Å². The Balaban J connectivity index is 2.18. The maximum absolute atomic E-state index is 13.2. The lowest BCUT2D eigenvalue weighted by Crippen LogP contribution is -2.40. The van der Waals surface area contributed by atoms with Gasteiger partial charge in [0.1, 0.15) is 0 Å². The molecular weight excluding hydrogens is 356 g/mol. The van der Waals surface area contributed by atoms with E-state index in [1.54, 1.807) is 19.3 Å². The van der Waals surface area contributed by atoms with Crippen LogP contribution < -0.4 is 5.32 Å². The fourth-order valence-electron chi connectivity index (χ4n) is 4.00. The topological polar surface area (TPSA) is 77.5 Å². The molecule has 2 heterocycles. The van der Waals surface area contributed by atoms with Gasteiger partial charge in [-0.05, 0) is 37.3 Å². The van der Waals surface area contributed by atoms with E-state index in [2.05, 4.69) is 24.1 Å². The molecule has 0 bridgehead atoms. The fraction of sp³-hybridized carbons (Fsp3) is 0.500. The first-order valence-corrected chi connectivity index (χ1v) is 9.79. The quantitative estimate of drug-likeness (QED) is 0.759. The number of aromatic nitrogens is 1. The number of allylic oxidation sites excluding steroid dienone is 2. The molecule has 6 heteroatoms. The molecule has 0 spiro atoms. The summed E-state index contributed by atoms with van der Waals surface area (Å²) < 4.78 is 11.0. The summed E-state index contributed by atoms with van der Waals surface area (Å²) in [5.74, 6) is -0.865. The van der Waals surface area contributed by atoms with E-state index in [1.165, 1.54) is 0 Å². The second kappa shape index (κ2) is 8.27. The van der Waals surface area contributed by atoms with Gasteiger partial charge in [0, 0.05) is 42.6 Å². The molecule has 1 aromatic rings. The lowest BCUT2D eigenvalue weighted by Gasteiger charge is -2.39. The van der Waals surface area contributed by atoms with Crippen LogP contribution in [0.15, 0.2) is 47.1 Å². The molecule has 1 unspecified atom stereocenters. The van der Waals surface area contributed by atoms with Crippen LogP contribution in [0.1, 0.15) is 52.0 Å². The average Bonchev–Trinajstić information content (AvgIpc) is 2.65. The zero-order valence-electron chi connectivity index (χ0n) is 17.0. The van der Waals surface area contributed by atoms with E-state index in [0.29, 0.717) is 29.9 Å². The Labute approximate surface area is 166 Å². The van der Waals surface area contributed by atoms with Gasteiger partial charge in [0.05, 0.1) is 24.5 Å². The number of hydrogen-bond acceptors (Lipinski definition) is 6. The molecule has 1 aliphatic carbocycles. The molecule has 0 saturated heterocycles. The molecule has 1 atom stereocenters. The van der Waals surface area contributed by atoms with Crippen molar-refractivity contribution in [2.45, 2.75) is 46.5 Å². The van der Waals surface area contributed by atoms with Crippen LogP contribution in [0.3, 0.4) is 0 Å². The molecule has 1 aromatic heterocycles. The summed E-state index contributed by atoms with van der Waals surface area (Å²) in [4.78, 5) is 30.3. The number of nitrogens with zero attached hydrogens (tertiary/aromatic N) is 1. The Kier molecular flexibility index (Phi) is 5.98. The molecule has 0 amide bonds. The third-order valence-corrected chi connectivity index (χ3v) is 5.09. The smallest absolute Gasteiger partial charge is 0.336 e. The number of pyridine rings is 1. The van der Waals surface area contributed by atoms with E-state index >= 15 is 0 Å². The maximum atomic E-state index is 13.2. The van der Waals surface area contributed by atoms with Crippen LogP contribution in [-0.4, -0.2) is 36.6 Å². The molecular formula is C22H28N2O4. The van der Waals surface area contributed by atoms with Crippen LogP contribution in [0.2, 0.25) is 0 Å². The third-order valence-electron chi connectivity index (χ3n) is 5.09. The number of carbonyl (C=O) groups excluding carboxylic acids is 2. The van der Waals surface area contributed by atoms with Crippen LogP contribution in [0.5, 0.6) is 0 Å². The van der Waals surface area contributed by atoms with Gasteiger partial charge in [0.15, 0.2) is 5.78 Å². The fourth-order valence-corrected chi connectivity index (χ4v) is 4.00. The third kappa shape index (κ3) is 4.02. The standard InChI is InChI=1S/C22H28N2O4/c1-5-27-13-16-20(21(26)28-6-2)18(14-8-7-9-23-12-14)19-15(24-16)10-22(3,4)11-17(19)25/h7-9,12,18,24H,5-6,10-11,13H2,1-4H3. The summed E-state index contributed by atoms with van der Waals surface area (Å²) in [6, 6.07) is 3.72. The second-order valence-electron chi connectivity index (χ2n) is 7.93. The molecule has 1 aliphatic heterocycles. The molecule has 0 fully saturated rings. The van der Waals surface area contributed by atoms with Crippen molar-refractivity contribution < 1.29 is 19.1 Å². The monoisotopic (exact) mass is 384 g/mol. The number of carbonyl (C=O) groups is 2. The minimum absolute atomic E-state index is 0.0601. The molecule has 1 N–H and O–H groups in total. The number of esters is 1. The first kappa shape index (κ1) is 20.3. The summed E-state index contributed by atoms with van der Waals surface area (Å²) in [5.41, 5.74) is 3.30. The molecule has 2 aliphatic rings. The zero-order valence-corrected chi connectivity index (χ0v) is 17.0. The van der Waals surface area contributed by atoms with Crippen molar-refractivity contribution in [3.8, 4) is 0 Å². The van der Waals surface area contributed by atoms with Crippen molar-refractivity contribution in [3.63, 3.8) is 0 Å². The number of ketones is 1. The highest BCUT2D eigenvalue weighted by molar-refractivity contribution is 6.04. The van der Waals surface area contributed by atoms with Crippen LogP contribution >= 0.6 is 0 Å². The van der Waals surface area contributed by atoms with Crippen molar-refractivity contribution >= 4 is 11.8 Å². The summed E-state index contributed by atoms with van der Waals surface area (Å²) in [7, 11) is 0. The van der Waals surface area contributed by atoms with Gasteiger partial charge in [-0.3, -0.25) is 9.78 Å². The molecule has 150 valence electrons. The SMILES string of the molecule is CCOCC1=C(C(=O)OCC)C(c2cccnc2)C2=C(CC(C)(C)CC2=O)N1. The van der Waals surface area contributed by atoms with E-state index in [9.17, 15) is 9.59 Å². The van der Waals surface area contributed by atoms with Gasteiger partial charge >= 0.3 is 5.97 Å². The minimum Gasteiger partial charge on any atom is -0.463 e. The molecule has 0 radical (unpaired) electrons. The van der Waals surface area contributed by atoms with Gasteiger partial charge in [-0.25, -0.2) is 4.79 Å². The molecule has 0 saturated carbocycles. The number of ether oxygens (including phenoxy) is 2. The summed E-state index contributed by atoms with van der Waals surface area (Å²) in [6.07, 6.45) is 4.57. The first-order valence-electron chi connectivity index (χ1n) is 9.79. The van der Waals surface area contributed by atoms with Crippen molar-refractivity contribution in [3.05, 3.63) is 52.6 Å². The summed E-state index contributed by atoms with van der Waals surface area (Å²) in [6.45, 7) is 8.89. The molecule has 6 nitrogen and oxygen atoms in total. The predicted molar refractivity (Wildman–Crippen MR) is 105 cm³/mol. The summed E-state index contributed by atoms with van der Waals surface area (Å²) in [5, 5.41) is 3.36. The lowest BCUT2D eigenvalue weighted by molar-refractivity contribution is -0.139. The molecule has 0 aromatic carbocycles. The van der Waals surface area contributed by atoms with Crippen LogP contribution in [0.4, 0.5) is 0 Å². The number of nitrogens with one attached hydrogen (secondary N) is 1. The minimum atomic E-state index is -0.497. The van der Waals surface area contributed by atoms with Crippen molar-refractivity contribution in [2.75, 3.05) is 19.8 Å². The van der Waals surface area contributed by atoms with Gasteiger partial charge < -0.3 is 14.8 Å². The lowest BCUT2D eigenvalue weighted by atomic mass is 9.69. The average molecular weight is 384 g/mol. The Bertz CT molecular complexity index is 824. The first-order chi connectivity index (χ1) is 13.4. The normalized spacial score (nSPS) is 21.3. The van der Waals surface area contributed by atoms with E-state index in [1.807, 2.05) is 19.1 Å². The number of Topliss-reactive ketones (excluding diaryl/α,β-unsaturated/α-hetero) is 1. The molecule has 28 heavy (non-hydrogen) atoms. The Morgan fingerprint density at radius 2 is 2.07 bits per heavy atom. The Hall–Kier alpha value is -2.47. The molecule has 3 rings (SSSR count). The van der Waals surface area contributed by atoms with Crippen LogP contribution in [0, 0.1) is 5.41 Å². The Morgan fingerprint density at radius 1 is 1.29 bits per heavy atom. The largest absolute Gasteiger partial charge is 0.463 e. The van der Waals surface area contributed by atoms with Gasteiger partial charge in [-0.2, -0.15) is 0 Å². The highest BCUT2D eigenvalue weighted by Crippen LogP contribution is 2.46. The van der Waals surface area contributed by atoms with Crippen LogP contribution in [0.25, 0.3) is 0 Å². The van der Waals surface area contributed by atoms with E-state index < -0.39 is 11.9 Å². The summed E-state index contributed by atoms with van der Waals surface area (Å²) >= 11 is 0. The van der Waals surface area contributed by atoms with Gasteiger partial charge in [-0.1, -0.05) is 19.9 Å². The van der Waals surface area contributed by atoms with E-state index in [0.717, 1.165) is 17.7 Å². The van der Waals surface area contributed by atoms with Crippen molar-refractivity contribution in [1.29, 1.82) is 0 Å². The van der Waals surface area contributed by atoms with Crippen molar-refractivity contribution in [2.24, 2.45) is 5.41 Å². The Morgan fingerprint density at radius 3 is 2.71 bits per heavy atom.